The van der Waals surface area contributed by atoms with E-state index in [1.54, 1.807) is 13.3 Å². The average Bonchev–Trinajstić information content (AvgIpc) is 2.77. The van der Waals surface area contributed by atoms with Crippen molar-refractivity contribution in [2.75, 3.05) is 12.4 Å². The minimum Gasteiger partial charge on any atom is -0.478 e. The van der Waals surface area contributed by atoms with Gasteiger partial charge in [0.1, 0.15) is 0 Å². The quantitative estimate of drug-likeness (QED) is 0.833. The highest BCUT2D eigenvalue weighted by atomic mass is 16.5. The molecule has 2 N–H and O–H groups in total. The molecule has 92 valence electrons. The monoisotopic (exact) mass is 236 g/mol. The van der Waals surface area contributed by atoms with Crippen LogP contribution in [0.1, 0.15) is 29.6 Å². The number of ether oxygens (including phenoxy) is 1. The molecule has 0 saturated heterocycles. The number of hydrogen-bond acceptors (Lipinski definition) is 4. The molecular weight excluding hydrogens is 220 g/mol. The van der Waals surface area contributed by atoms with Crippen LogP contribution in [-0.4, -0.2) is 35.3 Å². The number of carboxylic acids is 1. The van der Waals surface area contributed by atoms with Gasteiger partial charge in [-0.2, -0.15) is 0 Å². The van der Waals surface area contributed by atoms with Gasteiger partial charge in [-0.15, -0.1) is 0 Å². The van der Waals surface area contributed by atoms with E-state index in [0.717, 1.165) is 19.3 Å². The van der Waals surface area contributed by atoms with Crippen LogP contribution in [0.3, 0.4) is 0 Å². The smallest absolute Gasteiger partial charge is 0.337 e. The van der Waals surface area contributed by atoms with Crippen LogP contribution in [-0.2, 0) is 4.74 Å². The maximum atomic E-state index is 11.0. The Morgan fingerprint density at radius 1 is 1.59 bits per heavy atom. The minimum absolute atomic E-state index is 0.150. The van der Waals surface area contributed by atoms with Gasteiger partial charge in [0.2, 0.25) is 0 Å². The van der Waals surface area contributed by atoms with Gasteiger partial charge < -0.3 is 15.2 Å². The Kier molecular flexibility index (Phi) is 3.58. The van der Waals surface area contributed by atoms with Crippen molar-refractivity contribution in [2.24, 2.45) is 0 Å². The lowest BCUT2D eigenvalue weighted by atomic mass is 10.1. The van der Waals surface area contributed by atoms with E-state index in [1.165, 1.54) is 12.3 Å². The molecule has 2 rings (SSSR count). The first kappa shape index (κ1) is 11.9. The number of aromatic carboxylic acids is 1. The maximum Gasteiger partial charge on any atom is 0.337 e. The minimum atomic E-state index is -0.943. The van der Waals surface area contributed by atoms with Crippen molar-refractivity contribution in [1.29, 1.82) is 0 Å². The topological polar surface area (TPSA) is 71.5 Å². The molecule has 5 heteroatoms. The van der Waals surface area contributed by atoms with Crippen molar-refractivity contribution in [2.45, 2.75) is 31.4 Å². The largest absolute Gasteiger partial charge is 0.478 e. The third-order valence-corrected chi connectivity index (χ3v) is 3.15. The molecule has 1 aliphatic rings. The van der Waals surface area contributed by atoms with Crippen molar-refractivity contribution in [3.05, 3.63) is 24.0 Å². The van der Waals surface area contributed by atoms with Crippen LogP contribution in [0, 0.1) is 0 Å². The number of anilines is 1. The molecular formula is C12H16N2O3. The summed E-state index contributed by atoms with van der Waals surface area (Å²) in [4.78, 5) is 15.0. The fourth-order valence-electron chi connectivity index (χ4n) is 2.27. The molecule has 1 aliphatic carbocycles. The molecule has 1 aromatic rings. The van der Waals surface area contributed by atoms with Crippen molar-refractivity contribution >= 4 is 11.7 Å². The molecule has 1 aromatic heterocycles. The molecule has 17 heavy (non-hydrogen) atoms. The summed E-state index contributed by atoms with van der Waals surface area (Å²) in [6.07, 6.45) is 6.28. The van der Waals surface area contributed by atoms with Crippen LogP contribution in [0.25, 0.3) is 0 Å². The van der Waals surface area contributed by atoms with Crippen molar-refractivity contribution in [3.8, 4) is 0 Å². The van der Waals surface area contributed by atoms with Crippen molar-refractivity contribution in [3.63, 3.8) is 0 Å². The van der Waals surface area contributed by atoms with Gasteiger partial charge in [-0.1, -0.05) is 0 Å². The average molecular weight is 236 g/mol. The second kappa shape index (κ2) is 5.14. The van der Waals surface area contributed by atoms with E-state index in [9.17, 15) is 4.79 Å². The van der Waals surface area contributed by atoms with E-state index in [1.807, 2.05) is 0 Å². The van der Waals surface area contributed by atoms with Gasteiger partial charge >= 0.3 is 5.97 Å². The fraction of sp³-hybridized carbons (Fsp3) is 0.500. The Balaban J connectivity index is 2.15. The SMILES string of the molecule is COC1CCCC1Nc1cnccc1C(=O)O. The molecule has 2 atom stereocenters. The van der Waals surface area contributed by atoms with E-state index in [2.05, 4.69) is 10.3 Å². The number of aromatic nitrogens is 1. The Hall–Kier alpha value is -1.62. The predicted molar refractivity (Wildman–Crippen MR) is 63.3 cm³/mol. The third kappa shape index (κ3) is 2.55. The first-order valence-corrected chi connectivity index (χ1v) is 5.69. The Morgan fingerprint density at radius 3 is 3.12 bits per heavy atom. The van der Waals surface area contributed by atoms with E-state index in [4.69, 9.17) is 9.84 Å². The lowest BCUT2D eigenvalue weighted by Gasteiger charge is -2.21. The van der Waals surface area contributed by atoms with Gasteiger partial charge in [-0.25, -0.2) is 4.79 Å². The molecule has 0 aromatic carbocycles. The molecule has 0 aliphatic heterocycles. The lowest BCUT2D eigenvalue weighted by Crippen LogP contribution is -2.30. The number of carbonyl (C=O) groups is 1. The van der Waals surface area contributed by atoms with Crippen LogP contribution < -0.4 is 5.32 Å². The summed E-state index contributed by atoms with van der Waals surface area (Å²) in [5, 5.41) is 12.3. The summed E-state index contributed by atoms with van der Waals surface area (Å²) in [7, 11) is 1.69. The standard InChI is InChI=1S/C12H16N2O3/c1-17-11-4-2-3-9(11)14-10-7-13-6-5-8(10)12(15)16/h5-7,9,11,14H,2-4H2,1H3,(H,15,16). The highest BCUT2D eigenvalue weighted by Gasteiger charge is 2.27. The van der Waals surface area contributed by atoms with Crippen molar-refractivity contribution < 1.29 is 14.6 Å². The number of nitrogens with zero attached hydrogens (tertiary/aromatic N) is 1. The van der Waals surface area contributed by atoms with Crippen molar-refractivity contribution in [1.82, 2.24) is 4.98 Å². The molecule has 5 nitrogen and oxygen atoms in total. The molecule has 0 spiro atoms. The number of hydrogen-bond donors (Lipinski definition) is 2. The van der Waals surface area contributed by atoms with Gasteiger partial charge in [0.25, 0.3) is 0 Å². The summed E-state index contributed by atoms with van der Waals surface area (Å²) >= 11 is 0. The predicted octanol–water partition coefficient (Wildman–Crippen LogP) is 1.76. The molecule has 2 unspecified atom stereocenters. The normalized spacial score (nSPS) is 23.6. The number of pyridine rings is 1. The van der Waals surface area contributed by atoms with E-state index < -0.39 is 5.97 Å². The lowest BCUT2D eigenvalue weighted by molar-refractivity contribution is 0.0697. The molecule has 1 saturated carbocycles. The molecule has 0 bridgehead atoms. The second-order valence-corrected chi connectivity index (χ2v) is 4.18. The number of nitrogens with one attached hydrogen (secondary N) is 1. The van der Waals surface area contributed by atoms with Crippen LogP contribution in [0.2, 0.25) is 0 Å². The summed E-state index contributed by atoms with van der Waals surface area (Å²) in [6.45, 7) is 0. The molecule has 0 amide bonds. The third-order valence-electron chi connectivity index (χ3n) is 3.15. The molecule has 0 radical (unpaired) electrons. The summed E-state index contributed by atoms with van der Waals surface area (Å²) in [6, 6.07) is 1.67. The zero-order chi connectivity index (χ0) is 12.3. The number of rotatable bonds is 4. The van der Waals surface area contributed by atoms with Gasteiger partial charge in [0.05, 0.1) is 29.6 Å². The van der Waals surface area contributed by atoms with Gasteiger partial charge in [-0.3, -0.25) is 4.98 Å². The Bertz CT molecular complexity index is 408. The van der Waals surface area contributed by atoms with Crippen LogP contribution >= 0.6 is 0 Å². The second-order valence-electron chi connectivity index (χ2n) is 4.18. The molecule has 1 heterocycles. The Morgan fingerprint density at radius 2 is 2.41 bits per heavy atom. The van der Waals surface area contributed by atoms with Gasteiger partial charge in [-0.05, 0) is 25.3 Å². The summed E-state index contributed by atoms with van der Waals surface area (Å²) < 4.78 is 5.37. The highest BCUT2D eigenvalue weighted by Crippen LogP contribution is 2.26. The first-order chi connectivity index (χ1) is 8.22. The number of carboxylic acid groups (broad SMARTS) is 1. The summed E-state index contributed by atoms with van der Waals surface area (Å²) in [5.41, 5.74) is 0.815. The zero-order valence-corrected chi connectivity index (χ0v) is 9.72. The van der Waals surface area contributed by atoms with E-state index >= 15 is 0 Å². The zero-order valence-electron chi connectivity index (χ0n) is 9.72. The van der Waals surface area contributed by atoms with E-state index in [0.29, 0.717) is 5.69 Å². The van der Waals surface area contributed by atoms with Crippen LogP contribution in [0.15, 0.2) is 18.5 Å². The molecule has 1 fully saturated rings. The Labute approximate surface area is 99.8 Å². The fourth-order valence-corrected chi connectivity index (χ4v) is 2.27. The maximum absolute atomic E-state index is 11.0. The number of methoxy groups -OCH3 is 1. The van der Waals surface area contributed by atoms with Gasteiger partial charge in [0.15, 0.2) is 0 Å². The summed E-state index contributed by atoms with van der Waals surface area (Å²) in [5.74, 6) is -0.943. The van der Waals surface area contributed by atoms with Gasteiger partial charge in [0, 0.05) is 13.3 Å². The van der Waals surface area contributed by atoms with Crippen LogP contribution in [0.4, 0.5) is 5.69 Å². The first-order valence-electron chi connectivity index (χ1n) is 5.69. The van der Waals surface area contributed by atoms with E-state index in [-0.39, 0.29) is 17.7 Å². The highest BCUT2D eigenvalue weighted by molar-refractivity contribution is 5.93. The van der Waals surface area contributed by atoms with Crippen LogP contribution in [0.5, 0.6) is 0 Å².